The molecule has 0 radical (unpaired) electrons. The fourth-order valence-electron chi connectivity index (χ4n) is 5.03. The third kappa shape index (κ3) is 6.87. The van der Waals surface area contributed by atoms with Gasteiger partial charge in [-0.15, -0.1) is 0 Å². The van der Waals surface area contributed by atoms with Gasteiger partial charge in [0.15, 0.2) is 17.3 Å². The van der Waals surface area contributed by atoms with Crippen molar-refractivity contribution in [3.63, 3.8) is 0 Å². The maximum atomic E-state index is 10.6. The number of aryl methyl sites for hydroxylation is 1. The minimum absolute atomic E-state index is 0.122. The second-order valence-corrected chi connectivity index (χ2v) is 12.1. The van der Waals surface area contributed by atoms with Crippen LogP contribution in [0.5, 0.6) is 11.5 Å². The molecule has 0 aliphatic rings. The van der Waals surface area contributed by atoms with E-state index >= 15 is 0 Å². The minimum Gasteiger partial charge on any atom is -0.504 e. The van der Waals surface area contributed by atoms with E-state index < -0.39 is 0 Å². The monoisotopic (exact) mass is 575 g/mol. The first-order valence-corrected chi connectivity index (χ1v) is 14.6. The Kier molecular flexibility index (Phi) is 9.32. The number of isothiocyanates is 1. The highest BCUT2D eigenvalue weighted by atomic mass is 32.1. The normalized spacial score (nSPS) is 12.2. The van der Waals surface area contributed by atoms with Gasteiger partial charge in [-0.1, -0.05) is 51.5 Å². The molecule has 2 aromatic carbocycles. The van der Waals surface area contributed by atoms with E-state index in [1.165, 1.54) is 6.07 Å². The topological polar surface area (TPSA) is 119 Å². The number of para-hydroxylation sites is 1. The van der Waals surface area contributed by atoms with Crippen LogP contribution in [0, 0.1) is 0 Å². The van der Waals surface area contributed by atoms with Gasteiger partial charge < -0.3 is 25.3 Å². The number of pyridine rings is 1. The van der Waals surface area contributed by atoms with Crippen molar-refractivity contribution < 1.29 is 14.9 Å². The number of phenolic OH excluding ortho intramolecular Hbond substituents is 2. The number of benzene rings is 2. The molecular formula is C32H41N5O3S. The zero-order valence-electron chi connectivity index (χ0n) is 24.7. The summed E-state index contributed by atoms with van der Waals surface area (Å²) in [6.07, 6.45) is 4.38. The van der Waals surface area contributed by atoms with E-state index in [-0.39, 0.29) is 22.5 Å². The molecule has 2 heterocycles. The number of hydrogen-bond donors (Lipinski definition) is 3. The molecule has 4 rings (SSSR count). The lowest BCUT2D eigenvalue weighted by atomic mass is 9.81. The molecule has 2 aromatic heterocycles. The second kappa shape index (κ2) is 12.6. The Morgan fingerprint density at radius 2 is 1.83 bits per heavy atom. The number of imidazole rings is 1. The van der Waals surface area contributed by atoms with E-state index in [2.05, 4.69) is 53.7 Å². The van der Waals surface area contributed by atoms with Gasteiger partial charge in [0.05, 0.1) is 28.3 Å². The summed E-state index contributed by atoms with van der Waals surface area (Å²) in [7, 11) is 0. The van der Waals surface area contributed by atoms with Crippen molar-refractivity contribution in [1.82, 2.24) is 14.5 Å². The van der Waals surface area contributed by atoms with Gasteiger partial charge in [-0.25, -0.2) is 15.0 Å². The summed E-state index contributed by atoms with van der Waals surface area (Å²) in [4.78, 5) is 13.9. The Hall–Kier alpha value is -3.52. The standard InChI is InChI=1S/C32H41N5O3S/c1-6-7-11-26-36-27-28(37(26)19-21-9-8-10-25(38)29(21)39)23-13-12-22(18-24(23)35-30(27)33)31(2,3)14-16-40-17-15-32(4,5)34-20-41/h8-10,12-13,18,38-39H,6-7,11,14-17,19H2,1-5H3,(H2,33,35). The smallest absolute Gasteiger partial charge is 0.162 e. The largest absolute Gasteiger partial charge is 0.504 e. The number of aromatic hydroxyl groups is 2. The Bertz CT molecular complexity index is 1590. The lowest BCUT2D eigenvalue weighted by Gasteiger charge is -2.26. The summed E-state index contributed by atoms with van der Waals surface area (Å²) < 4.78 is 8.06. The van der Waals surface area contributed by atoms with Crippen LogP contribution in [-0.4, -0.2) is 48.7 Å². The molecule has 9 heteroatoms. The summed E-state index contributed by atoms with van der Waals surface area (Å²) in [6, 6.07) is 11.4. The van der Waals surface area contributed by atoms with Crippen LogP contribution in [0.1, 0.15) is 77.3 Å². The highest BCUT2D eigenvalue weighted by molar-refractivity contribution is 7.78. The van der Waals surface area contributed by atoms with Gasteiger partial charge in [0, 0.05) is 30.6 Å². The summed E-state index contributed by atoms with van der Waals surface area (Å²) in [5.74, 6) is 0.995. The minimum atomic E-state index is -0.269. The summed E-state index contributed by atoms with van der Waals surface area (Å²) in [5, 5.41) is 24.1. The van der Waals surface area contributed by atoms with Gasteiger partial charge in [-0.2, -0.15) is 0 Å². The lowest BCUT2D eigenvalue weighted by Crippen LogP contribution is -2.22. The van der Waals surface area contributed by atoms with Crippen molar-refractivity contribution in [3.05, 3.63) is 53.3 Å². The summed E-state index contributed by atoms with van der Waals surface area (Å²) in [5.41, 5.74) is 10.2. The van der Waals surface area contributed by atoms with Crippen LogP contribution < -0.4 is 5.73 Å². The first kappa shape index (κ1) is 30.4. The second-order valence-electron chi connectivity index (χ2n) is 11.9. The first-order valence-electron chi connectivity index (χ1n) is 14.2. The van der Waals surface area contributed by atoms with Crippen molar-refractivity contribution in [1.29, 1.82) is 0 Å². The maximum Gasteiger partial charge on any atom is 0.162 e. The molecule has 0 saturated carbocycles. The van der Waals surface area contributed by atoms with Crippen LogP contribution in [-0.2, 0) is 23.1 Å². The number of nitrogens with two attached hydrogens (primary N) is 1. The number of fused-ring (bicyclic) bond motifs is 3. The molecule has 0 atom stereocenters. The molecule has 8 nitrogen and oxygen atoms in total. The van der Waals surface area contributed by atoms with Gasteiger partial charge in [-0.05, 0) is 68.4 Å². The van der Waals surface area contributed by atoms with E-state index in [9.17, 15) is 10.2 Å². The lowest BCUT2D eigenvalue weighted by molar-refractivity contribution is 0.105. The molecule has 0 fully saturated rings. The van der Waals surface area contributed by atoms with Crippen LogP contribution in [0.15, 0.2) is 41.4 Å². The molecule has 0 aliphatic carbocycles. The Balaban J connectivity index is 1.67. The number of aromatic nitrogens is 3. The van der Waals surface area contributed by atoms with Crippen molar-refractivity contribution >= 4 is 45.1 Å². The average molecular weight is 576 g/mol. The van der Waals surface area contributed by atoms with E-state index in [0.29, 0.717) is 36.7 Å². The first-order chi connectivity index (χ1) is 19.5. The third-order valence-electron chi connectivity index (χ3n) is 7.82. The molecule has 4 aromatic rings. The van der Waals surface area contributed by atoms with Crippen LogP contribution >= 0.6 is 12.2 Å². The maximum absolute atomic E-state index is 10.6. The number of phenols is 2. The fraction of sp³-hybridized carbons (Fsp3) is 0.469. The molecule has 41 heavy (non-hydrogen) atoms. The van der Waals surface area contributed by atoms with Crippen molar-refractivity contribution in [2.75, 3.05) is 18.9 Å². The van der Waals surface area contributed by atoms with Gasteiger partial charge in [-0.3, -0.25) is 0 Å². The molecule has 0 amide bonds. The molecule has 218 valence electrons. The summed E-state index contributed by atoms with van der Waals surface area (Å²) >= 11 is 4.74. The van der Waals surface area contributed by atoms with E-state index in [1.54, 1.807) is 6.07 Å². The van der Waals surface area contributed by atoms with E-state index in [4.69, 9.17) is 32.7 Å². The van der Waals surface area contributed by atoms with Crippen LogP contribution in [0.3, 0.4) is 0 Å². The van der Waals surface area contributed by atoms with Crippen LogP contribution in [0.2, 0.25) is 0 Å². The summed E-state index contributed by atoms with van der Waals surface area (Å²) in [6.45, 7) is 12.2. The molecule has 0 unspecified atom stereocenters. The van der Waals surface area contributed by atoms with Gasteiger partial charge in [0.1, 0.15) is 11.3 Å². The molecular weight excluding hydrogens is 534 g/mol. The molecule has 0 saturated heterocycles. The predicted molar refractivity (Wildman–Crippen MR) is 169 cm³/mol. The molecule has 0 spiro atoms. The fourth-order valence-corrected chi connectivity index (χ4v) is 5.27. The number of unbranched alkanes of at least 4 members (excludes halogenated alkanes) is 1. The SMILES string of the molecule is CCCCc1nc2c(N)nc3cc(C(C)(C)CCOCCC(C)(C)N=C=S)ccc3c2n1Cc1cccc(O)c1O. The van der Waals surface area contributed by atoms with Crippen LogP contribution in [0.4, 0.5) is 5.82 Å². The number of hydrogen-bond acceptors (Lipinski definition) is 8. The highest BCUT2D eigenvalue weighted by Crippen LogP contribution is 2.36. The predicted octanol–water partition coefficient (Wildman–Crippen LogP) is 6.92. The van der Waals surface area contributed by atoms with Crippen molar-refractivity contribution in [3.8, 4) is 11.5 Å². The van der Waals surface area contributed by atoms with Gasteiger partial charge in [0.2, 0.25) is 0 Å². The Morgan fingerprint density at radius 1 is 1.07 bits per heavy atom. The van der Waals surface area contributed by atoms with Crippen molar-refractivity contribution in [2.24, 2.45) is 4.99 Å². The molecule has 0 aliphatic heterocycles. The van der Waals surface area contributed by atoms with Gasteiger partial charge >= 0.3 is 0 Å². The Morgan fingerprint density at radius 3 is 2.56 bits per heavy atom. The number of rotatable bonds is 13. The van der Waals surface area contributed by atoms with E-state index in [0.717, 1.165) is 59.9 Å². The number of nitrogens with zero attached hydrogens (tertiary/aromatic N) is 4. The number of nitrogen functional groups attached to an aromatic ring is 1. The zero-order valence-corrected chi connectivity index (χ0v) is 25.5. The van der Waals surface area contributed by atoms with Crippen LogP contribution in [0.25, 0.3) is 21.9 Å². The quantitative estimate of drug-likeness (QED) is 0.0685. The number of anilines is 1. The van der Waals surface area contributed by atoms with Crippen molar-refractivity contribution in [2.45, 2.75) is 84.2 Å². The van der Waals surface area contributed by atoms with E-state index in [1.807, 2.05) is 19.9 Å². The number of thiocarbonyl (C=S) groups is 1. The third-order valence-corrected chi connectivity index (χ3v) is 7.91. The molecule has 0 bridgehead atoms. The number of ether oxygens (including phenoxy) is 1. The highest BCUT2D eigenvalue weighted by Gasteiger charge is 2.24. The van der Waals surface area contributed by atoms with Gasteiger partial charge in [0.25, 0.3) is 0 Å². The number of aliphatic imine (C=N–C) groups is 1. The molecule has 4 N–H and O–H groups in total. The zero-order chi connectivity index (χ0) is 29.8. The average Bonchev–Trinajstić information content (AvgIpc) is 3.28. The Labute approximate surface area is 247 Å².